The van der Waals surface area contributed by atoms with Gasteiger partial charge in [-0.25, -0.2) is 9.78 Å². The number of primary amides is 1. The number of methoxy groups -OCH3 is 1. The fraction of sp³-hybridized carbons (Fsp3) is 0.176. The second-order valence-corrected chi connectivity index (χ2v) is 5.45. The molecule has 8 nitrogen and oxygen atoms in total. The largest absolute Gasteiger partial charge is 0.497 e. The molecule has 0 bridgehead atoms. The molecule has 0 saturated heterocycles. The SMILES string of the molecule is COc1ccc(Cn2c(=O)c3cccnc3n(CC(N)=O)c2=O)cc1. The van der Waals surface area contributed by atoms with Crippen LogP contribution in [0.25, 0.3) is 11.0 Å². The van der Waals surface area contributed by atoms with Crippen molar-refractivity contribution in [2.75, 3.05) is 7.11 Å². The number of nitrogens with two attached hydrogens (primary N) is 1. The van der Waals surface area contributed by atoms with E-state index in [-0.39, 0.29) is 24.1 Å². The second kappa shape index (κ2) is 6.60. The summed E-state index contributed by atoms with van der Waals surface area (Å²) in [5, 5.41) is 0.247. The molecule has 2 aromatic heterocycles. The summed E-state index contributed by atoms with van der Waals surface area (Å²) >= 11 is 0. The minimum absolute atomic E-state index is 0.0608. The standard InChI is InChI=1S/C17H16N4O4/c1-25-12-6-4-11(5-7-12)9-21-16(23)13-3-2-8-19-15(13)20(17(21)24)10-14(18)22/h2-8H,9-10H2,1H3,(H2,18,22). The van der Waals surface area contributed by atoms with Crippen molar-refractivity contribution in [1.82, 2.24) is 14.1 Å². The summed E-state index contributed by atoms with van der Waals surface area (Å²) in [6.45, 7) is -0.291. The third kappa shape index (κ3) is 3.14. The third-order valence-electron chi connectivity index (χ3n) is 3.79. The number of carbonyl (C=O) groups excluding carboxylic acids is 1. The highest BCUT2D eigenvalue weighted by atomic mass is 16.5. The zero-order valence-electron chi connectivity index (χ0n) is 13.5. The first-order valence-corrected chi connectivity index (χ1v) is 7.51. The van der Waals surface area contributed by atoms with Gasteiger partial charge >= 0.3 is 5.69 Å². The van der Waals surface area contributed by atoms with Crippen LogP contribution in [0.5, 0.6) is 5.75 Å². The lowest BCUT2D eigenvalue weighted by Gasteiger charge is -2.12. The Bertz CT molecular complexity index is 1050. The summed E-state index contributed by atoms with van der Waals surface area (Å²) in [5.41, 5.74) is 5.01. The van der Waals surface area contributed by atoms with E-state index < -0.39 is 17.2 Å². The molecule has 0 saturated carbocycles. The Hall–Kier alpha value is -3.42. The molecule has 0 spiro atoms. The summed E-state index contributed by atoms with van der Waals surface area (Å²) in [5.74, 6) is -0.0198. The lowest BCUT2D eigenvalue weighted by molar-refractivity contribution is -0.118. The number of amides is 1. The number of ether oxygens (including phenoxy) is 1. The fourth-order valence-electron chi connectivity index (χ4n) is 2.60. The van der Waals surface area contributed by atoms with Gasteiger partial charge in [-0.3, -0.25) is 18.7 Å². The van der Waals surface area contributed by atoms with Gasteiger partial charge in [0.15, 0.2) is 0 Å². The van der Waals surface area contributed by atoms with E-state index in [1.807, 2.05) is 0 Å². The van der Waals surface area contributed by atoms with Crippen LogP contribution >= 0.6 is 0 Å². The van der Waals surface area contributed by atoms with Gasteiger partial charge in [0, 0.05) is 6.20 Å². The van der Waals surface area contributed by atoms with Gasteiger partial charge in [0.25, 0.3) is 5.56 Å². The Labute approximate surface area is 142 Å². The molecule has 3 aromatic rings. The molecule has 3 rings (SSSR count). The molecule has 2 heterocycles. The number of hydrogen-bond donors (Lipinski definition) is 1. The minimum atomic E-state index is -0.691. The van der Waals surface area contributed by atoms with Crippen molar-refractivity contribution in [3.05, 3.63) is 69.0 Å². The molecule has 0 aliphatic rings. The zero-order valence-corrected chi connectivity index (χ0v) is 13.5. The van der Waals surface area contributed by atoms with Crippen molar-refractivity contribution in [3.63, 3.8) is 0 Å². The van der Waals surface area contributed by atoms with E-state index in [2.05, 4.69) is 4.98 Å². The molecule has 0 radical (unpaired) electrons. The maximum atomic E-state index is 12.7. The van der Waals surface area contributed by atoms with Crippen LogP contribution in [0.15, 0.2) is 52.2 Å². The highest BCUT2D eigenvalue weighted by Crippen LogP contribution is 2.12. The fourth-order valence-corrected chi connectivity index (χ4v) is 2.60. The summed E-state index contributed by atoms with van der Waals surface area (Å²) < 4.78 is 7.27. The molecule has 1 amide bonds. The van der Waals surface area contributed by atoms with Crippen LogP contribution in [-0.4, -0.2) is 27.1 Å². The van der Waals surface area contributed by atoms with Gasteiger partial charge in [0.05, 0.1) is 19.0 Å². The molecule has 0 aliphatic carbocycles. The quantitative estimate of drug-likeness (QED) is 0.708. The van der Waals surface area contributed by atoms with E-state index in [0.29, 0.717) is 5.75 Å². The molecule has 25 heavy (non-hydrogen) atoms. The normalized spacial score (nSPS) is 10.8. The van der Waals surface area contributed by atoms with Crippen molar-refractivity contribution in [1.29, 1.82) is 0 Å². The summed E-state index contributed by atoms with van der Waals surface area (Å²) in [6.07, 6.45) is 1.45. The summed E-state index contributed by atoms with van der Waals surface area (Å²) in [6, 6.07) is 10.2. The van der Waals surface area contributed by atoms with Gasteiger partial charge in [0.2, 0.25) is 5.91 Å². The Morgan fingerprint density at radius 1 is 1.16 bits per heavy atom. The number of rotatable bonds is 5. The first kappa shape index (κ1) is 16.4. The van der Waals surface area contributed by atoms with Crippen LogP contribution in [-0.2, 0) is 17.9 Å². The number of carbonyl (C=O) groups is 1. The Kier molecular flexibility index (Phi) is 4.34. The smallest absolute Gasteiger partial charge is 0.333 e. The summed E-state index contributed by atoms with van der Waals surface area (Å²) in [7, 11) is 1.55. The summed E-state index contributed by atoms with van der Waals surface area (Å²) in [4.78, 5) is 40.8. The molecule has 0 aliphatic heterocycles. The van der Waals surface area contributed by atoms with Gasteiger partial charge in [0.1, 0.15) is 17.9 Å². The van der Waals surface area contributed by atoms with E-state index in [0.717, 1.165) is 14.7 Å². The van der Waals surface area contributed by atoms with Crippen LogP contribution in [0.2, 0.25) is 0 Å². The average molecular weight is 340 g/mol. The van der Waals surface area contributed by atoms with Crippen molar-refractivity contribution in [3.8, 4) is 5.75 Å². The number of hydrogen-bond acceptors (Lipinski definition) is 5. The molecule has 8 heteroatoms. The molecular formula is C17H16N4O4. The van der Waals surface area contributed by atoms with E-state index in [9.17, 15) is 14.4 Å². The van der Waals surface area contributed by atoms with Gasteiger partial charge in [-0.2, -0.15) is 0 Å². The van der Waals surface area contributed by atoms with E-state index in [1.165, 1.54) is 6.20 Å². The number of benzene rings is 1. The Balaban J connectivity index is 2.18. The van der Waals surface area contributed by atoms with Crippen LogP contribution < -0.4 is 21.7 Å². The Morgan fingerprint density at radius 3 is 2.52 bits per heavy atom. The third-order valence-corrected chi connectivity index (χ3v) is 3.79. The first-order chi connectivity index (χ1) is 12.0. The van der Waals surface area contributed by atoms with Crippen LogP contribution in [0.4, 0.5) is 0 Å². The molecule has 0 fully saturated rings. The topological polar surface area (TPSA) is 109 Å². The molecule has 0 atom stereocenters. The molecule has 128 valence electrons. The average Bonchev–Trinajstić information content (AvgIpc) is 2.62. The lowest BCUT2D eigenvalue weighted by atomic mass is 10.2. The van der Waals surface area contributed by atoms with Gasteiger partial charge in [-0.1, -0.05) is 12.1 Å². The van der Waals surface area contributed by atoms with Gasteiger partial charge < -0.3 is 10.5 Å². The highest BCUT2D eigenvalue weighted by molar-refractivity contribution is 5.78. The highest BCUT2D eigenvalue weighted by Gasteiger charge is 2.15. The first-order valence-electron chi connectivity index (χ1n) is 7.51. The monoisotopic (exact) mass is 340 g/mol. The number of fused-ring (bicyclic) bond motifs is 1. The van der Waals surface area contributed by atoms with E-state index in [4.69, 9.17) is 10.5 Å². The van der Waals surface area contributed by atoms with Crippen molar-refractivity contribution < 1.29 is 9.53 Å². The predicted octanol–water partition coefficient (Wildman–Crippen LogP) is 0.100. The number of aromatic nitrogens is 3. The van der Waals surface area contributed by atoms with Gasteiger partial charge in [-0.05, 0) is 29.8 Å². The van der Waals surface area contributed by atoms with Crippen molar-refractivity contribution in [2.24, 2.45) is 5.73 Å². The van der Waals surface area contributed by atoms with Crippen molar-refractivity contribution >= 4 is 16.9 Å². The number of nitrogens with zero attached hydrogens (tertiary/aromatic N) is 3. The molecule has 2 N–H and O–H groups in total. The zero-order chi connectivity index (χ0) is 18.0. The van der Waals surface area contributed by atoms with Gasteiger partial charge in [-0.15, -0.1) is 0 Å². The maximum absolute atomic E-state index is 12.7. The maximum Gasteiger partial charge on any atom is 0.333 e. The van der Waals surface area contributed by atoms with Crippen molar-refractivity contribution in [2.45, 2.75) is 13.1 Å². The van der Waals surface area contributed by atoms with Crippen LogP contribution in [0, 0.1) is 0 Å². The number of pyridine rings is 1. The molecular weight excluding hydrogens is 324 g/mol. The predicted molar refractivity (Wildman–Crippen MR) is 91.6 cm³/mol. The van der Waals surface area contributed by atoms with E-state index in [1.54, 1.807) is 43.5 Å². The van der Waals surface area contributed by atoms with E-state index >= 15 is 0 Å². The Morgan fingerprint density at radius 2 is 1.88 bits per heavy atom. The van der Waals surface area contributed by atoms with Crippen LogP contribution in [0.1, 0.15) is 5.56 Å². The second-order valence-electron chi connectivity index (χ2n) is 5.45. The minimum Gasteiger partial charge on any atom is -0.497 e. The van der Waals surface area contributed by atoms with Crippen LogP contribution in [0.3, 0.4) is 0 Å². The lowest BCUT2D eigenvalue weighted by Crippen LogP contribution is -2.42. The molecule has 1 aromatic carbocycles. The molecule has 0 unspecified atom stereocenters.